The van der Waals surface area contributed by atoms with E-state index in [0.717, 1.165) is 17.8 Å². The van der Waals surface area contributed by atoms with Crippen molar-refractivity contribution in [2.24, 2.45) is 12.8 Å². The fourth-order valence-corrected chi connectivity index (χ4v) is 1.66. The van der Waals surface area contributed by atoms with Gasteiger partial charge in [0.2, 0.25) is 0 Å². The van der Waals surface area contributed by atoms with E-state index in [-0.39, 0.29) is 6.04 Å². The first-order chi connectivity index (χ1) is 8.08. The zero-order chi connectivity index (χ0) is 12.4. The molecule has 1 atom stereocenters. The molecule has 0 aliphatic rings. The van der Waals surface area contributed by atoms with Gasteiger partial charge < -0.3 is 5.73 Å². The van der Waals surface area contributed by atoms with Crippen LogP contribution in [0.5, 0.6) is 0 Å². The van der Waals surface area contributed by atoms with E-state index >= 15 is 0 Å². The third kappa shape index (κ3) is 2.47. The van der Waals surface area contributed by atoms with Crippen LogP contribution in [0.2, 0.25) is 0 Å². The zero-order valence-electron chi connectivity index (χ0n) is 9.27. The number of aryl methyl sites for hydroxylation is 1. The molecular formula is C11H12F2N4. The van der Waals surface area contributed by atoms with E-state index in [9.17, 15) is 8.78 Å². The van der Waals surface area contributed by atoms with Crippen molar-refractivity contribution in [1.82, 2.24) is 15.0 Å². The molecule has 1 aromatic heterocycles. The third-order valence-electron chi connectivity index (χ3n) is 2.57. The number of nitrogens with zero attached hydrogens (tertiary/aromatic N) is 3. The van der Waals surface area contributed by atoms with Crippen molar-refractivity contribution in [2.45, 2.75) is 12.5 Å². The van der Waals surface area contributed by atoms with Crippen molar-refractivity contribution in [3.8, 4) is 0 Å². The summed E-state index contributed by atoms with van der Waals surface area (Å²) >= 11 is 0. The largest absolute Gasteiger partial charge is 0.322 e. The maximum absolute atomic E-state index is 13.0. The summed E-state index contributed by atoms with van der Waals surface area (Å²) in [5.41, 5.74) is 7.33. The normalized spacial score (nSPS) is 12.7. The average Bonchev–Trinajstić information content (AvgIpc) is 2.70. The highest BCUT2D eigenvalue weighted by molar-refractivity contribution is 5.20. The van der Waals surface area contributed by atoms with Crippen LogP contribution in [0.3, 0.4) is 0 Å². The second-order valence-electron chi connectivity index (χ2n) is 3.84. The topological polar surface area (TPSA) is 56.7 Å². The molecule has 17 heavy (non-hydrogen) atoms. The Morgan fingerprint density at radius 1 is 1.35 bits per heavy atom. The van der Waals surface area contributed by atoms with Crippen molar-refractivity contribution in [2.75, 3.05) is 0 Å². The van der Waals surface area contributed by atoms with Gasteiger partial charge in [0, 0.05) is 7.05 Å². The number of hydrogen-bond acceptors (Lipinski definition) is 3. The first kappa shape index (κ1) is 11.7. The van der Waals surface area contributed by atoms with Gasteiger partial charge in [-0.05, 0) is 24.1 Å². The van der Waals surface area contributed by atoms with E-state index in [1.54, 1.807) is 17.9 Å². The Kier molecular flexibility index (Phi) is 3.14. The van der Waals surface area contributed by atoms with E-state index in [0.29, 0.717) is 12.0 Å². The van der Waals surface area contributed by atoms with Gasteiger partial charge in [-0.15, -0.1) is 5.10 Å². The number of benzene rings is 1. The van der Waals surface area contributed by atoms with Crippen LogP contribution in [0.15, 0.2) is 24.4 Å². The van der Waals surface area contributed by atoms with Crippen LogP contribution >= 0.6 is 0 Å². The molecule has 2 aromatic rings. The predicted octanol–water partition coefficient (Wildman–Crippen LogP) is 1.34. The zero-order valence-corrected chi connectivity index (χ0v) is 9.27. The lowest BCUT2D eigenvalue weighted by Gasteiger charge is -2.11. The second kappa shape index (κ2) is 4.58. The van der Waals surface area contributed by atoms with Crippen LogP contribution in [-0.2, 0) is 13.5 Å². The van der Waals surface area contributed by atoms with Crippen LogP contribution in [0.4, 0.5) is 8.78 Å². The molecule has 0 aliphatic heterocycles. The summed E-state index contributed by atoms with van der Waals surface area (Å²) < 4.78 is 27.3. The van der Waals surface area contributed by atoms with Crippen molar-refractivity contribution in [1.29, 1.82) is 0 Å². The van der Waals surface area contributed by atoms with Gasteiger partial charge in [-0.2, -0.15) is 0 Å². The minimum atomic E-state index is -0.863. The van der Waals surface area contributed by atoms with Crippen LogP contribution < -0.4 is 5.73 Å². The smallest absolute Gasteiger partial charge is 0.159 e. The van der Waals surface area contributed by atoms with Crippen LogP contribution in [-0.4, -0.2) is 15.0 Å². The van der Waals surface area contributed by atoms with Crippen molar-refractivity contribution < 1.29 is 8.78 Å². The minimum Gasteiger partial charge on any atom is -0.322 e. The van der Waals surface area contributed by atoms with Crippen LogP contribution in [0.25, 0.3) is 0 Å². The van der Waals surface area contributed by atoms with Gasteiger partial charge in [0.15, 0.2) is 11.6 Å². The minimum absolute atomic E-state index is 0.347. The first-order valence-electron chi connectivity index (χ1n) is 5.12. The molecule has 4 nitrogen and oxygen atoms in total. The summed E-state index contributed by atoms with van der Waals surface area (Å²) in [6.45, 7) is 0. The van der Waals surface area contributed by atoms with Crippen molar-refractivity contribution >= 4 is 0 Å². The van der Waals surface area contributed by atoms with Crippen molar-refractivity contribution in [3.63, 3.8) is 0 Å². The van der Waals surface area contributed by atoms with E-state index in [4.69, 9.17) is 5.73 Å². The first-order valence-corrected chi connectivity index (χ1v) is 5.12. The van der Waals surface area contributed by atoms with Gasteiger partial charge in [-0.25, -0.2) is 8.78 Å². The summed E-state index contributed by atoms with van der Waals surface area (Å²) in [4.78, 5) is 0. The Labute approximate surface area is 97.0 Å². The summed E-state index contributed by atoms with van der Waals surface area (Å²) in [5, 5.41) is 7.48. The van der Waals surface area contributed by atoms with Gasteiger partial charge in [-0.1, -0.05) is 11.3 Å². The molecule has 6 heteroatoms. The number of nitrogens with two attached hydrogens (primary N) is 1. The highest BCUT2D eigenvalue weighted by Gasteiger charge is 2.12. The Balaban J connectivity index is 2.16. The molecule has 0 saturated carbocycles. The van der Waals surface area contributed by atoms with Crippen molar-refractivity contribution in [3.05, 3.63) is 47.3 Å². The van der Waals surface area contributed by atoms with Gasteiger partial charge in [0.25, 0.3) is 0 Å². The average molecular weight is 238 g/mol. The Hall–Kier alpha value is -1.82. The Morgan fingerprint density at radius 3 is 2.71 bits per heavy atom. The van der Waals surface area contributed by atoms with E-state index in [1.807, 2.05) is 0 Å². The third-order valence-corrected chi connectivity index (χ3v) is 2.57. The molecule has 0 saturated heterocycles. The SMILES string of the molecule is Cn1nncc1C(N)Cc1ccc(F)c(F)c1. The molecule has 0 fully saturated rings. The van der Waals surface area contributed by atoms with Crippen LogP contribution in [0.1, 0.15) is 17.3 Å². The van der Waals surface area contributed by atoms with Crippen LogP contribution in [0, 0.1) is 11.6 Å². The summed E-state index contributed by atoms with van der Waals surface area (Å²) in [7, 11) is 1.73. The van der Waals surface area contributed by atoms with E-state index in [2.05, 4.69) is 10.3 Å². The molecule has 0 spiro atoms. The summed E-state index contributed by atoms with van der Waals surface area (Å²) in [5.74, 6) is -1.72. The molecule has 0 radical (unpaired) electrons. The molecule has 90 valence electrons. The lowest BCUT2D eigenvalue weighted by Crippen LogP contribution is -2.17. The molecule has 1 heterocycles. The lowest BCUT2D eigenvalue weighted by atomic mass is 10.0. The Morgan fingerprint density at radius 2 is 2.12 bits per heavy atom. The van der Waals surface area contributed by atoms with E-state index in [1.165, 1.54) is 6.07 Å². The number of rotatable bonds is 3. The molecule has 0 amide bonds. The maximum Gasteiger partial charge on any atom is 0.159 e. The molecule has 2 rings (SSSR count). The predicted molar refractivity (Wildman–Crippen MR) is 58.0 cm³/mol. The van der Waals surface area contributed by atoms with Gasteiger partial charge >= 0.3 is 0 Å². The molecule has 0 aliphatic carbocycles. The number of halogens is 2. The molecule has 0 bridgehead atoms. The number of hydrogen-bond donors (Lipinski definition) is 1. The summed E-state index contributed by atoms with van der Waals surface area (Å²) in [6, 6.07) is 3.42. The van der Waals surface area contributed by atoms with E-state index < -0.39 is 11.6 Å². The molecule has 1 unspecified atom stereocenters. The fourth-order valence-electron chi connectivity index (χ4n) is 1.66. The monoisotopic (exact) mass is 238 g/mol. The standard InChI is InChI=1S/C11H12F2N4/c1-17-11(6-15-16-17)10(14)5-7-2-3-8(12)9(13)4-7/h2-4,6,10H,5,14H2,1H3. The maximum atomic E-state index is 13.0. The van der Waals surface area contributed by atoms with Gasteiger partial charge in [0.05, 0.1) is 17.9 Å². The fraction of sp³-hybridized carbons (Fsp3) is 0.273. The van der Waals surface area contributed by atoms with Gasteiger partial charge in [-0.3, -0.25) is 4.68 Å². The molecule has 1 aromatic carbocycles. The quantitative estimate of drug-likeness (QED) is 0.877. The van der Waals surface area contributed by atoms with Gasteiger partial charge in [0.1, 0.15) is 0 Å². The highest BCUT2D eigenvalue weighted by Crippen LogP contribution is 2.16. The lowest BCUT2D eigenvalue weighted by molar-refractivity contribution is 0.505. The molecular weight excluding hydrogens is 226 g/mol. The Bertz CT molecular complexity index is 524. The molecule has 2 N–H and O–H groups in total. The second-order valence-corrected chi connectivity index (χ2v) is 3.84. The summed E-state index contributed by atoms with van der Waals surface area (Å²) in [6.07, 6.45) is 1.96. The number of aromatic nitrogens is 3. The highest BCUT2D eigenvalue weighted by atomic mass is 19.2.